The molecule has 0 aromatic heterocycles. The van der Waals surface area contributed by atoms with Crippen LogP contribution in [0.5, 0.6) is 0 Å². The van der Waals surface area contributed by atoms with Crippen LogP contribution < -0.4 is 0 Å². The Kier molecular flexibility index (Phi) is 5.22. The summed E-state index contributed by atoms with van der Waals surface area (Å²) in [5.74, 6) is 0. The highest BCUT2D eigenvalue weighted by molar-refractivity contribution is 4.81. The molecule has 2 saturated heterocycles. The van der Waals surface area contributed by atoms with Gasteiger partial charge in [-0.25, -0.2) is 0 Å². The summed E-state index contributed by atoms with van der Waals surface area (Å²) in [6, 6.07) is 0.607. The van der Waals surface area contributed by atoms with Gasteiger partial charge in [0, 0.05) is 32.2 Å². The lowest BCUT2D eigenvalue weighted by atomic mass is 10.1. The van der Waals surface area contributed by atoms with E-state index in [1.807, 2.05) is 6.92 Å². The van der Waals surface area contributed by atoms with Crippen molar-refractivity contribution in [3.05, 3.63) is 0 Å². The zero-order chi connectivity index (χ0) is 12.1. The molecule has 0 aromatic carbocycles. The lowest BCUT2D eigenvalue weighted by molar-refractivity contribution is 0.0314. The molecular weight excluding hydrogens is 216 g/mol. The van der Waals surface area contributed by atoms with Crippen molar-refractivity contribution in [2.24, 2.45) is 0 Å². The highest BCUT2D eigenvalue weighted by Gasteiger charge is 2.25. The van der Waals surface area contributed by atoms with Gasteiger partial charge < -0.3 is 9.84 Å². The van der Waals surface area contributed by atoms with E-state index in [0.717, 1.165) is 45.8 Å². The van der Waals surface area contributed by atoms with Crippen molar-refractivity contribution >= 4 is 0 Å². The summed E-state index contributed by atoms with van der Waals surface area (Å²) in [6.07, 6.45) is 3.32. The molecule has 4 nitrogen and oxygen atoms in total. The summed E-state index contributed by atoms with van der Waals surface area (Å²) in [5.41, 5.74) is 0. The molecule has 2 aliphatic rings. The van der Waals surface area contributed by atoms with Gasteiger partial charge in [-0.15, -0.1) is 0 Å². The third-order valence-corrected chi connectivity index (χ3v) is 3.92. The predicted octanol–water partition coefficient (Wildman–Crippen LogP) is 0.554. The van der Waals surface area contributed by atoms with E-state index >= 15 is 0 Å². The maximum absolute atomic E-state index is 9.49. The summed E-state index contributed by atoms with van der Waals surface area (Å²) < 4.78 is 5.36. The van der Waals surface area contributed by atoms with Crippen LogP contribution in [0, 0.1) is 0 Å². The number of rotatable bonds is 5. The van der Waals surface area contributed by atoms with Gasteiger partial charge in [0.15, 0.2) is 0 Å². The normalized spacial score (nSPS) is 29.6. The minimum Gasteiger partial charge on any atom is -0.393 e. The highest BCUT2D eigenvalue weighted by atomic mass is 16.5. The van der Waals surface area contributed by atoms with Gasteiger partial charge in [0.25, 0.3) is 0 Å². The second kappa shape index (κ2) is 6.69. The largest absolute Gasteiger partial charge is 0.393 e. The van der Waals surface area contributed by atoms with Crippen LogP contribution >= 0.6 is 0 Å². The number of nitrogens with zero attached hydrogens (tertiary/aromatic N) is 2. The quantitative estimate of drug-likeness (QED) is 0.764. The first-order valence-electron chi connectivity index (χ1n) is 6.98. The van der Waals surface area contributed by atoms with Crippen LogP contribution in [-0.4, -0.2) is 73.0 Å². The topological polar surface area (TPSA) is 35.9 Å². The Morgan fingerprint density at radius 3 is 2.71 bits per heavy atom. The Morgan fingerprint density at radius 1 is 1.24 bits per heavy atom. The van der Waals surface area contributed by atoms with Gasteiger partial charge in [-0.2, -0.15) is 0 Å². The lowest BCUT2D eigenvalue weighted by Gasteiger charge is -2.31. The number of hydrogen-bond donors (Lipinski definition) is 1. The first-order chi connectivity index (χ1) is 8.25. The third kappa shape index (κ3) is 4.21. The van der Waals surface area contributed by atoms with Crippen molar-refractivity contribution in [3.63, 3.8) is 0 Å². The fourth-order valence-corrected chi connectivity index (χ4v) is 2.94. The van der Waals surface area contributed by atoms with E-state index in [-0.39, 0.29) is 6.10 Å². The Hall–Kier alpha value is -0.160. The highest BCUT2D eigenvalue weighted by Crippen LogP contribution is 2.21. The molecule has 0 amide bonds. The van der Waals surface area contributed by atoms with Gasteiger partial charge in [-0.1, -0.05) is 0 Å². The SMILES string of the molecule is CC(O)CC1CCCN1CCN1CCOCC1. The molecule has 2 heterocycles. The average Bonchev–Trinajstić information content (AvgIpc) is 2.74. The number of morpholine rings is 1. The van der Waals surface area contributed by atoms with Gasteiger partial charge in [-0.3, -0.25) is 9.80 Å². The first-order valence-corrected chi connectivity index (χ1v) is 6.98. The average molecular weight is 242 g/mol. The molecule has 2 fully saturated rings. The molecule has 2 rings (SSSR count). The van der Waals surface area contributed by atoms with Crippen LogP contribution in [0.4, 0.5) is 0 Å². The second-order valence-corrected chi connectivity index (χ2v) is 5.37. The monoisotopic (exact) mass is 242 g/mol. The number of hydrogen-bond acceptors (Lipinski definition) is 4. The smallest absolute Gasteiger partial charge is 0.0594 e. The van der Waals surface area contributed by atoms with E-state index in [1.54, 1.807) is 0 Å². The first kappa shape index (κ1) is 13.3. The van der Waals surface area contributed by atoms with Gasteiger partial charge >= 0.3 is 0 Å². The number of ether oxygens (including phenoxy) is 1. The Balaban J connectivity index is 1.69. The maximum atomic E-state index is 9.49. The summed E-state index contributed by atoms with van der Waals surface area (Å²) in [6.45, 7) is 9.34. The van der Waals surface area contributed by atoms with Gasteiger partial charge in [0.1, 0.15) is 0 Å². The fraction of sp³-hybridized carbons (Fsp3) is 1.00. The Bertz CT molecular complexity index is 217. The summed E-state index contributed by atoms with van der Waals surface area (Å²) in [5, 5.41) is 9.49. The molecule has 0 spiro atoms. The second-order valence-electron chi connectivity index (χ2n) is 5.37. The van der Waals surface area contributed by atoms with Crippen molar-refractivity contribution in [1.29, 1.82) is 0 Å². The van der Waals surface area contributed by atoms with Crippen molar-refractivity contribution < 1.29 is 9.84 Å². The van der Waals surface area contributed by atoms with Crippen molar-refractivity contribution in [3.8, 4) is 0 Å². The van der Waals surface area contributed by atoms with Crippen LogP contribution in [0.3, 0.4) is 0 Å². The molecule has 0 aromatic rings. The molecule has 2 unspecified atom stereocenters. The van der Waals surface area contributed by atoms with Crippen LogP contribution in [-0.2, 0) is 4.74 Å². The molecular formula is C13H26N2O2. The van der Waals surface area contributed by atoms with E-state index in [4.69, 9.17) is 4.74 Å². The minimum absolute atomic E-state index is 0.163. The number of aliphatic hydroxyl groups excluding tert-OH is 1. The van der Waals surface area contributed by atoms with E-state index in [0.29, 0.717) is 6.04 Å². The molecule has 0 aliphatic carbocycles. The Labute approximate surface area is 105 Å². The molecule has 2 aliphatic heterocycles. The maximum Gasteiger partial charge on any atom is 0.0594 e. The van der Waals surface area contributed by atoms with Gasteiger partial charge in [0.05, 0.1) is 19.3 Å². The van der Waals surface area contributed by atoms with Crippen LogP contribution in [0.1, 0.15) is 26.2 Å². The molecule has 4 heteroatoms. The molecule has 0 saturated carbocycles. The third-order valence-electron chi connectivity index (χ3n) is 3.92. The fourth-order valence-electron chi connectivity index (χ4n) is 2.94. The minimum atomic E-state index is -0.163. The van der Waals surface area contributed by atoms with E-state index in [1.165, 1.54) is 19.4 Å². The van der Waals surface area contributed by atoms with Crippen LogP contribution in [0.25, 0.3) is 0 Å². The molecule has 100 valence electrons. The molecule has 17 heavy (non-hydrogen) atoms. The van der Waals surface area contributed by atoms with Crippen molar-refractivity contribution in [1.82, 2.24) is 9.80 Å². The van der Waals surface area contributed by atoms with E-state index in [2.05, 4.69) is 9.80 Å². The van der Waals surface area contributed by atoms with E-state index in [9.17, 15) is 5.11 Å². The molecule has 0 radical (unpaired) electrons. The summed E-state index contributed by atoms with van der Waals surface area (Å²) in [4.78, 5) is 5.05. The van der Waals surface area contributed by atoms with Gasteiger partial charge in [-0.05, 0) is 32.7 Å². The Morgan fingerprint density at radius 2 is 2.00 bits per heavy atom. The number of aliphatic hydroxyl groups is 1. The van der Waals surface area contributed by atoms with Crippen LogP contribution in [0.2, 0.25) is 0 Å². The molecule has 1 N–H and O–H groups in total. The molecule has 2 atom stereocenters. The van der Waals surface area contributed by atoms with Crippen LogP contribution in [0.15, 0.2) is 0 Å². The zero-order valence-corrected chi connectivity index (χ0v) is 11.0. The summed E-state index contributed by atoms with van der Waals surface area (Å²) in [7, 11) is 0. The lowest BCUT2D eigenvalue weighted by Crippen LogP contribution is -2.43. The standard InChI is InChI=1S/C13H26N2O2/c1-12(16)11-13-3-2-4-15(13)6-5-14-7-9-17-10-8-14/h12-13,16H,2-11H2,1H3. The van der Waals surface area contributed by atoms with E-state index < -0.39 is 0 Å². The summed E-state index contributed by atoms with van der Waals surface area (Å²) >= 11 is 0. The number of likely N-dealkylation sites (tertiary alicyclic amines) is 1. The van der Waals surface area contributed by atoms with Crippen molar-refractivity contribution in [2.45, 2.75) is 38.3 Å². The predicted molar refractivity (Wildman–Crippen MR) is 68.2 cm³/mol. The van der Waals surface area contributed by atoms with Crippen molar-refractivity contribution in [2.75, 3.05) is 45.9 Å². The molecule has 0 bridgehead atoms. The zero-order valence-electron chi connectivity index (χ0n) is 11.0. The van der Waals surface area contributed by atoms with Gasteiger partial charge in [0.2, 0.25) is 0 Å².